The Labute approximate surface area is 185 Å². The Balaban J connectivity index is 1.74. The van der Waals surface area contributed by atoms with E-state index in [1.807, 2.05) is 37.4 Å². The topological polar surface area (TPSA) is 127 Å². The molecule has 32 heavy (non-hydrogen) atoms. The number of primary amides is 1. The minimum atomic E-state index is -0.569. The molecule has 1 aromatic carbocycles. The molecule has 1 atom stereocenters. The van der Waals surface area contributed by atoms with Gasteiger partial charge in [-0.1, -0.05) is 12.1 Å². The quantitative estimate of drug-likeness (QED) is 0.459. The van der Waals surface area contributed by atoms with Crippen LogP contribution in [0.3, 0.4) is 0 Å². The van der Waals surface area contributed by atoms with Gasteiger partial charge in [-0.2, -0.15) is 0 Å². The molecule has 3 aromatic heterocycles. The molecule has 1 amide bonds. The summed E-state index contributed by atoms with van der Waals surface area (Å²) in [4.78, 5) is 31.0. The van der Waals surface area contributed by atoms with Crippen molar-refractivity contribution in [3.8, 4) is 22.5 Å². The summed E-state index contributed by atoms with van der Waals surface area (Å²) >= 11 is 0. The number of imidazole rings is 1. The fourth-order valence-corrected chi connectivity index (χ4v) is 4.39. The first-order chi connectivity index (χ1) is 15.3. The summed E-state index contributed by atoms with van der Waals surface area (Å²) in [6.07, 6.45) is 6.09. The fourth-order valence-electron chi connectivity index (χ4n) is 4.39. The monoisotopic (exact) mass is 427 g/mol. The number of aromatic nitrogens is 4. The number of nitrogens with two attached hydrogens (primary N) is 2. The molecule has 1 aliphatic heterocycles. The van der Waals surface area contributed by atoms with Gasteiger partial charge in [0.1, 0.15) is 11.5 Å². The summed E-state index contributed by atoms with van der Waals surface area (Å²) in [6.45, 7) is 5.62. The molecule has 4 heterocycles. The SMILES string of the molecule is Cc1cccc2[nH]c(-c3cncc(-c4ccnc(C(N)=O)c4)c3N3CC[C@](C)(N)C3)nc12. The van der Waals surface area contributed by atoms with E-state index in [4.69, 9.17) is 16.5 Å². The molecule has 1 aliphatic rings. The molecule has 1 fully saturated rings. The lowest BCUT2D eigenvalue weighted by Crippen LogP contribution is -2.39. The highest BCUT2D eigenvalue weighted by Crippen LogP contribution is 2.41. The number of nitrogens with zero attached hydrogens (tertiary/aromatic N) is 4. The van der Waals surface area contributed by atoms with Crippen molar-refractivity contribution < 1.29 is 4.79 Å². The second kappa shape index (κ2) is 7.42. The summed E-state index contributed by atoms with van der Waals surface area (Å²) in [5, 5.41) is 0. The summed E-state index contributed by atoms with van der Waals surface area (Å²) in [7, 11) is 0. The third kappa shape index (κ3) is 3.48. The second-order valence-electron chi connectivity index (χ2n) is 8.76. The van der Waals surface area contributed by atoms with Crippen molar-refractivity contribution in [2.24, 2.45) is 11.5 Å². The Bertz CT molecular complexity index is 1340. The lowest BCUT2D eigenvalue weighted by Gasteiger charge is -2.26. The number of fused-ring (bicyclic) bond motifs is 1. The van der Waals surface area contributed by atoms with Crippen LogP contribution in [-0.2, 0) is 0 Å². The molecule has 8 heteroatoms. The van der Waals surface area contributed by atoms with E-state index >= 15 is 0 Å². The number of carbonyl (C=O) groups excluding carboxylic acids is 1. The van der Waals surface area contributed by atoms with Crippen molar-refractivity contribution in [2.45, 2.75) is 25.8 Å². The third-order valence-electron chi connectivity index (χ3n) is 6.03. The molecule has 0 spiro atoms. The molecule has 162 valence electrons. The minimum absolute atomic E-state index is 0.211. The molecule has 8 nitrogen and oxygen atoms in total. The lowest BCUT2D eigenvalue weighted by atomic mass is 10.0. The van der Waals surface area contributed by atoms with Crippen molar-refractivity contribution in [1.29, 1.82) is 0 Å². The number of aromatic amines is 1. The van der Waals surface area contributed by atoms with E-state index in [9.17, 15) is 4.79 Å². The number of hydrogen-bond acceptors (Lipinski definition) is 6. The number of hydrogen-bond donors (Lipinski definition) is 3. The van der Waals surface area contributed by atoms with Crippen molar-refractivity contribution in [3.63, 3.8) is 0 Å². The summed E-state index contributed by atoms with van der Waals surface area (Å²) in [5.74, 6) is 0.175. The molecule has 0 saturated carbocycles. The molecular weight excluding hydrogens is 402 g/mol. The van der Waals surface area contributed by atoms with E-state index in [-0.39, 0.29) is 11.2 Å². The number of aryl methyl sites for hydroxylation is 1. The van der Waals surface area contributed by atoms with Crippen LogP contribution in [-0.4, -0.2) is 44.5 Å². The van der Waals surface area contributed by atoms with Crippen molar-refractivity contribution in [1.82, 2.24) is 19.9 Å². The number of nitrogens with one attached hydrogen (secondary N) is 1. The van der Waals surface area contributed by atoms with Crippen molar-refractivity contribution >= 4 is 22.6 Å². The first kappa shape index (κ1) is 20.1. The number of benzene rings is 1. The van der Waals surface area contributed by atoms with E-state index in [0.29, 0.717) is 6.54 Å². The predicted molar refractivity (Wildman–Crippen MR) is 125 cm³/mol. The zero-order chi connectivity index (χ0) is 22.5. The van der Waals surface area contributed by atoms with E-state index in [0.717, 1.165) is 57.8 Å². The average Bonchev–Trinajstić information content (AvgIpc) is 3.37. The van der Waals surface area contributed by atoms with Crippen LogP contribution in [0.4, 0.5) is 5.69 Å². The van der Waals surface area contributed by atoms with Crippen LogP contribution in [0.15, 0.2) is 48.9 Å². The lowest BCUT2D eigenvalue weighted by molar-refractivity contribution is 0.0995. The molecule has 0 aliphatic carbocycles. The highest BCUT2D eigenvalue weighted by atomic mass is 16.1. The zero-order valence-electron chi connectivity index (χ0n) is 18.1. The van der Waals surface area contributed by atoms with Crippen LogP contribution in [0.1, 0.15) is 29.4 Å². The van der Waals surface area contributed by atoms with Gasteiger partial charge in [-0.05, 0) is 49.6 Å². The maximum atomic E-state index is 11.7. The molecule has 0 unspecified atom stereocenters. The van der Waals surface area contributed by atoms with Crippen LogP contribution in [0.5, 0.6) is 0 Å². The van der Waals surface area contributed by atoms with Crippen LogP contribution in [0.25, 0.3) is 33.5 Å². The number of carbonyl (C=O) groups is 1. The zero-order valence-corrected chi connectivity index (χ0v) is 18.1. The number of rotatable bonds is 4. The Morgan fingerprint density at radius 1 is 1.22 bits per heavy atom. The third-order valence-corrected chi connectivity index (χ3v) is 6.03. The van der Waals surface area contributed by atoms with Gasteiger partial charge in [0.25, 0.3) is 5.91 Å². The van der Waals surface area contributed by atoms with Crippen LogP contribution < -0.4 is 16.4 Å². The summed E-state index contributed by atoms with van der Waals surface area (Å²) in [5.41, 5.74) is 18.4. The van der Waals surface area contributed by atoms with Crippen LogP contribution in [0.2, 0.25) is 0 Å². The Morgan fingerprint density at radius 3 is 2.75 bits per heavy atom. The number of amides is 1. The van der Waals surface area contributed by atoms with Gasteiger partial charge in [0, 0.05) is 42.8 Å². The highest BCUT2D eigenvalue weighted by Gasteiger charge is 2.33. The number of anilines is 1. The Morgan fingerprint density at radius 2 is 2.03 bits per heavy atom. The van der Waals surface area contributed by atoms with Gasteiger partial charge in [0.05, 0.1) is 22.3 Å². The highest BCUT2D eigenvalue weighted by molar-refractivity contribution is 5.95. The van der Waals surface area contributed by atoms with Gasteiger partial charge in [-0.15, -0.1) is 0 Å². The molecule has 4 aromatic rings. The molecular formula is C24H25N7O. The van der Waals surface area contributed by atoms with Crippen molar-refractivity contribution in [3.05, 3.63) is 60.2 Å². The average molecular weight is 428 g/mol. The maximum Gasteiger partial charge on any atom is 0.267 e. The fraction of sp³-hybridized carbons (Fsp3) is 0.250. The maximum absolute atomic E-state index is 11.7. The smallest absolute Gasteiger partial charge is 0.267 e. The van der Waals surface area contributed by atoms with Gasteiger partial charge in [0.15, 0.2) is 0 Å². The molecule has 5 N–H and O–H groups in total. The van der Waals surface area contributed by atoms with Gasteiger partial charge in [0.2, 0.25) is 0 Å². The van der Waals surface area contributed by atoms with E-state index < -0.39 is 5.91 Å². The van der Waals surface area contributed by atoms with Gasteiger partial charge < -0.3 is 21.4 Å². The van der Waals surface area contributed by atoms with Gasteiger partial charge in [-0.3, -0.25) is 14.8 Å². The van der Waals surface area contributed by atoms with Crippen molar-refractivity contribution in [2.75, 3.05) is 18.0 Å². The Kier molecular flexibility index (Phi) is 4.67. The first-order valence-electron chi connectivity index (χ1n) is 10.6. The molecule has 0 radical (unpaired) electrons. The van der Waals surface area contributed by atoms with Gasteiger partial charge in [-0.25, -0.2) is 4.98 Å². The second-order valence-corrected chi connectivity index (χ2v) is 8.76. The van der Waals surface area contributed by atoms with Crippen LogP contribution in [0, 0.1) is 6.92 Å². The first-order valence-corrected chi connectivity index (χ1v) is 10.6. The normalized spacial score (nSPS) is 18.4. The van der Waals surface area contributed by atoms with Gasteiger partial charge >= 0.3 is 0 Å². The number of H-pyrrole nitrogens is 1. The predicted octanol–water partition coefficient (Wildman–Crippen LogP) is 3.02. The number of para-hydroxylation sites is 1. The van der Waals surface area contributed by atoms with E-state index in [1.54, 1.807) is 18.5 Å². The minimum Gasteiger partial charge on any atom is -0.368 e. The number of pyridine rings is 2. The molecule has 5 rings (SSSR count). The molecule has 1 saturated heterocycles. The summed E-state index contributed by atoms with van der Waals surface area (Å²) < 4.78 is 0. The standard InChI is InChI=1S/C24H25N7O/c1-14-4-3-5-18-20(14)30-23(29-18)17-12-27-11-16(15-6-8-28-19(10-15)22(25)32)21(17)31-9-7-24(2,26)13-31/h3-6,8,10-12H,7,9,13,26H2,1-2H3,(H2,25,32)(H,29,30)/t24-/m0/s1. The largest absolute Gasteiger partial charge is 0.368 e. The van der Waals surface area contributed by atoms with E-state index in [1.165, 1.54) is 0 Å². The van der Waals surface area contributed by atoms with E-state index in [2.05, 4.69) is 26.8 Å². The Hall–Kier alpha value is -3.78. The van der Waals surface area contributed by atoms with Crippen LogP contribution >= 0.6 is 0 Å². The molecule has 0 bridgehead atoms. The summed E-state index contributed by atoms with van der Waals surface area (Å²) in [6, 6.07) is 9.64.